The van der Waals surface area contributed by atoms with Crippen molar-refractivity contribution in [2.75, 3.05) is 14.2 Å². The van der Waals surface area contributed by atoms with E-state index >= 15 is 0 Å². The Bertz CT molecular complexity index is 425. The minimum atomic E-state index is -1.89. The number of amides is 1. The van der Waals surface area contributed by atoms with E-state index in [4.69, 9.17) is 17.3 Å². The largest absolute Gasteiger partial charge is 0.366 e. The first-order valence-electron chi connectivity index (χ1n) is 4.89. The predicted octanol–water partition coefficient (Wildman–Crippen LogP) is 2.67. The number of alkyl halides is 2. The van der Waals surface area contributed by atoms with Crippen molar-refractivity contribution < 1.29 is 23.0 Å². The fourth-order valence-electron chi connectivity index (χ4n) is 1.40. The molecule has 0 spiro atoms. The number of hydrogen-bond donors (Lipinski definition) is 1. The van der Waals surface area contributed by atoms with E-state index in [1.54, 1.807) is 0 Å². The first-order valence-corrected chi connectivity index (χ1v) is 5.27. The summed E-state index contributed by atoms with van der Waals surface area (Å²) < 4.78 is 35.9. The van der Waals surface area contributed by atoms with Gasteiger partial charge in [-0.1, -0.05) is 11.6 Å². The van der Waals surface area contributed by atoms with Gasteiger partial charge in [0.05, 0.1) is 5.02 Å². The highest BCUT2D eigenvalue weighted by Gasteiger charge is 2.23. The number of hydrogen-bond acceptors (Lipinski definition) is 3. The maximum Gasteiger partial charge on any atom is 0.248 e. The molecular formula is C11H12ClF2NO3. The average Bonchev–Trinajstić information content (AvgIpc) is 2.36. The molecule has 0 heterocycles. The zero-order chi connectivity index (χ0) is 13.9. The monoisotopic (exact) mass is 279 g/mol. The highest BCUT2D eigenvalue weighted by Crippen LogP contribution is 2.35. The standard InChI is InChI=1S/C11H12ClF2NO3/c1-17-9(13)6-3-5(11(15)16)4-7(8(6)12)10(14)18-2/h3-4,9-10H,1-2H3,(H2,15,16). The number of ether oxygens (including phenoxy) is 2. The molecule has 4 nitrogen and oxygen atoms in total. The van der Waals surface area contributed by atoms with Crippen LogP contribution >= 0.6 is 11.6 Å². The Hall–Kier alpha value is -1.24. The van der Waals surface area contributed by atoms with Crippen molar-refractivity contribution in [2.45, 2.75) is 12.7 Å². The molecule has 0 radical (unpaired) electrons. The summed E-state index contributed by atoms with van der Waals surface area (Å²) in [6.07, 6.45) is -3.78. The van der Waals surface area contributed by atoms with E-state index in [9.17, 15) is 13.6 Å². The van der Waals surface area contributed by atoms with Gasteiger partial charge in [0.2, 0.25) is 18.6 Å². The van der Waals surface area contributed by atoms with E-state index < -0.39 is 18.6 Å². The molecule has 2 unspecified atom stereocenters. The molecule has 0 saturated carbocycles. The van der Waals surface area contributed by atoms with E-state index in [-0.39, 0.29) is 21.7 Å². The van der Waals surface area contributed by atoms with Crippen molar-refractivity contribution in [1.82, 2.24) is 0 Å². The lowest BCUT2D eigenvalue weighted by Crippen LogP contribution is -2.13. The van der Waals surface area contributed by atoms with Gasteiger partial charge in [-0.15, -0.1) is 0 Å². The summed E-state index contributed by atoms with van der Waals surface area (Å²) in [5.74, 6) is -0.833. The lowest BCUT2D eigenvalue weighted by molar-refractivity contribution is -0.0117. The summed E-state index contributed by atoms with van der Waals surface area (Å²) in [7, 11) is 2.22. The van der Waals surface area contributed by atoms with E-state index in [0.717, 1.165) is 26.4 Å². The van der Waals surface area contributed by atoms with Gasteiger partial charge in [0.1, 0.15) is 0 Å². The Labute approximate surface area is 108 Å². The molecule has 1 amide bonds. The molecule has 1 aromatic carbocycles. The molecule has 0 bridgehead atoms. The Morgan fingerprint density at radius 1 is 1.22 bits per heavy atom. The van der Waals surface area contributed by atoms with E-state index in [2.05, 4.69) is 9.47 Å². The van der Waals surface area contributed by atoms with Crippen LogP contribution < -0.4 is 5.73 Å². The normalized spacial score (nSPS) is 14.3. The summed E-state index contributed by atoms with van der Waals surface area (Å²) in [6, 6.07) is 2.23. The van der Waals surface area contributed by atoms with E-state index in [1.807, 2.05) is 0 Å². The van der Waals surface area contributed by atoms with Gasteiger partial charge in [0.15, 0.2) is 0 Å². The molecule has 2 atom stereocenters. The van der Waals surface area contributed by atoms with Crippen LogP contribution in [0, 0.1) is 0 Å². The van der Waals surface area contributed by atoms with Gasteiger partial charge in [-0.3, -0.25) is 4.79 Å². The predicted molar refractivity (Wildman–Crippen MR) is 61.7 cm³/mol. The highest BCUT2D eigenvalue weighted by molar-refractivity contribution is 6.32. The molecule has 1 aromatic rings. The Kier molecular flexibility index (Phi) is 5.01. The van der Waals surface area contributed by atoms with Crippen molar-refractivity contribution in [3.63, 3.8) is 0 Å². The Balaban J connectivity index is 3.42. The topological polar surface area (TPSA) is 61.5 Å². The molecule has 2 N–H and O–H groups in total. The van der Waals surface area contributed by atoms with Crippen LogP contribution in [0.3, 0.4) is 0 Å². The maximum atomic E-state index is 13.5. The average molecular weight is 280 g/mol. The lowest BCUT2D eigenvalue weighted by atomic mass is 10.0. The number of carbonyl (C=O) groups is 1. The summed E-state index contributed by atoms with van der Waals surface area (Å²) in [5, 5.41) is -0.205. The van der Waals surface area contributed by atoms with Gasteiger partial charge in [-0.05, 0) is 12.1 Å². The van der Waals surface area contributed by atoms with Crippen LogP contribution in [0.1, 0.15) is 34.2 Å². The number of carbonyl (C=O) groups excluding carboxylic acids is 1. The molecule has 0 saturated heterocycles. The van der Waals surface area contributed by atoms with Crippen LogP contribution in [0.4, 0.5) is 8.78 Å². The van der Waals surface area contributed by atoms with Crippen LogP contribution in [0.2, 0.25) is 5.02 Å². The lowest BCUT2D eigenvalue weighted by Gasteiger charge is -2.15. The second-order valence-corrected chi connectivity index (χ2v) is 3.81. The first-order chi connectivity index (χ1) is 8.42. The molecule has 7 heteroatoms. The van der Waals surface area contributed by atoms with Gasteiger partial charge < -0.3 is 15.2 Å². The Morgan fingerprint density at radius 3 is 1.89 bits per heavy atom. The van der Waals surface area contributed by atoms with E-state index in [0.29, 0.717) is 0 Å². The molecule has 0 aliphatic rings. The van der Waals surface area contributed by atoms with Crippen molar-refractivity contribution >= 4 is 17.5 Å². The van der Waals surface area contributed by atoms with E-state index in [1.165, 1.54) is 0 Å². The molecule has 1 rings (SSSR count). The number of benzene rings is 1. The molecule has 0 aliphatic heterocycles. The Morgan fingerprint density at radius 2 is 1.61 bits per heavy atom. The van der Waals surface area contributed by atoms with Crippen molar-refractivity contribution in [2.24, 2.45) is 5.73 Å². The highest BCUT2D eigenvalue weighted by atomic mass is 35.5. The van der Waals surface area contributed by atoms with Gasteiger partial charge >= 0.3 is 0 Å². The number of halogens is 3. The maximum absolute atomic E-state index is 13.5. The molecule has 100 valence electrons. The molecule has 0 fully saturated rings. The van der Waals surface area contributed by atoms with Gasteiger partial charge in [-0.2, -0.15) is 0 Å². The zero-order valence-corrected chi connectivity index (χ0v) is 10.5. The number of nitrogens with two attached hydrogens (primary N) is 1. The summed E-state index contributed by atoms with van der Waals surface area (Å²) in [6.45, 7) is 0. The third-order valence-corrected chi connectivity index (χ3v) is 2.75. The van der Waals surface area contributed by atoms with Gasteiger partial charge in [0.25, 0.3) is 0 Å². The quantitative estimate of drug-likeness (QED) is 0.901. The van der Waals surface area contributed by atoms with Crippen molar-refractivity contribution in [3.05, 3.63) is 33.8 Å². The number of primary amides is 1. The second kappa shape index (κ2) is 6.08. The van der Waals surface area contributed by atoms with Crippen LogP contribution in [-0.4, -0.2) is 20.1 Å². The minimum Gasteiger partial charge on any atom is -0.366 e. The molecule has 0 aliphatic carbocycles. The first kappa shape index (κ1) is 14.8. The van der Waals surface area contributed by atoms with Crippen LogP contribution in [0.15, 0.2) is 12.1 Å². The van der Waals surface area contributed by atoms with Crippen LogP contribution in [0.5, 0.6) is 0 Å². The zero-order valence-electron chi connectivity index (χ0n) is 9.75. The molecular weight excluding hydrogens is 268 g/mol. The number of methoxy groups -OCH3 is 2. The molecule has 0 aromatic heterocycles. The smallest absolute Gasteiger partial charge is 0.248 e. The molecule has 18 heavy (non-hydrogen) atoms. The summed E-state index contributed by atoms with van der Waals surface area (Å²) >= 11 is 5.84. The van der Waals surface area contributed by atoms with Crippen molar-refractivity contribution in [3.8, 4) is 0 Å². The number of rotatable bonds is 5. The fraction of sp³-hybridized carbons (Fsp3) is 0.364. The SMILES string of the molecule is COC(F)c1cc(C(N)=O)cc(C(F)OC)c1Cl. The van der Waals surface area contributed by atoms with Crippen LogP contribution in [-0.2, 0) is 9.47 Å². The van der Waals surface area contributed by atoms with Gasteiger partial charge in [-0.25, -0.2) is 8.78 Å². The fourth-order valence-corrected chi connectivity index (χ4v) is 1.68. The van der Waals surface area contributed by atoms with Crippen molar-refractivity contribution in [1.29, 1.82) is 0 Å². The third kappa shape index (κ3) is 2.95. The summed E-state index contributed by atoms with van der Waals surface area (Å²) in [5.41, 5.74) is 4.64. The third-order valence-electron chi connectivity index (χ3n) is 2.32. The van der Waals surface area contributed by atoms with Gasteiger partial charge in [0, 0.05) is 30.9 Å². The van der Waals surface area contributed by atoms with Crippen LogP contribution in [0.25, 0.3) is 0 Å². The summed E-state index contributed by atoms with van der Waals surface area (Å²) in [4.78, 5) is 11.1. The minimum absolute atomic E-state index is 0.0798. The second-order valence-electron chi connectivity index (χ2n) is 3.44.